The molecule has 0 aliphatic carbocycles. The summed E-state index contributed by atoms with van der Waals surface area (Å²) in [6.07, 6.45) is 4.28. The van der Waals surface area contributed by atoms with Gasteiger partial charge in [0.05, 0.1) is 12.1 Å². The minimum atomic E-state index is -0.865. The monoisotopic (exact) mass is 724 g/mol. The van der Waals surface area contributed by atoms with Gasteiger partial charge < -0.3 is 29.8 Å². The number of fused-ring (bicyclic) bond motifs is 10. The summed E-state index contributed by atoms with van der Waals surface area (Å²) in [5.41, 5.74) is 0.666. The van der Waals surface area contributed by atoms with E-state index in [9.17, 15) is 24.0 Å². The molecule has 2 saturated heterocycles. The number of oxazole rings is 1. The largest absolute Gasteiger partial charge is 0.442 e. The van der Waals surface area contributed by atoms with Crippen LogP contribution < -0.4 is 10.6 Å². The summed E-state index contributed by atoms with van der Waals surface area (Å²) >= 11 is 2.64. The summed E-state index contributed by atoms with van der Waals surface area (Å²) in [6, 6.07) is -3.21. The van der Waals surface area contributed by atoms with E-state index in [0.29, 0.717) is 54.5 Å². The third-order valence-electron chi connectivity index (χ3n) is 9.68. The van der Waals surface area contributed by atoms with Crippen LogP contribution in [0.1, 0.15) is 110 Å². The molecule has 268 valence electrons. The first-order chi connectivity index (χ1) is 23.8. The van der Waals surface area contributed by atoms with Crippen LogP contribution in [-0.4, -0.2) is 97.5 Å². The number of carbonyl (C=O) groups is 5. The van der Waals surface area contributed by atoms with Crippen molar-refractivity contribution in [2.45, 2.75) is 96.9 Å². The molecule has 3 aliphatic heterocycles. The van der Waals surface area contributed by atoms with E-state index in [4.69, 9.17) is 9.40 Å². The molecule has 0 spiro atoms. The van der Waals surface area contributed by atoms with Gasteiger partial charge in [-0.3, -0.25) is 24.0 Å². The Morgan fingerprint density at radius 3 is 2.22 bits per heavy atom. The van der Waals surface area contributed by atoms with Crippen LogP contribution in [0.3, 0.4) is 0 Å². The topological polar surface area (TPSA) is 171 Å². The summed E-state index contributed by atoms with van der Waals surface area (Å²) in [5.74, 6) is -1.78. The lowest BCUT2D eigenvalue weighted by Crippen LogP contribution is -2.55. The SMILES string of the molecule is CC(C)C[C@@H]1NC(=O)c2csc(n2)[C@H](C)N(C)C(=O)[C@H](C(C)C)NC(=O)[C@@H]2CCCN2C(=O)c2coc(n2)-c2csc(n2)[C@@H]2CCCN2C1=O. The molecule has 16 heteroatoms. The molecule has 3 aromatic heterocycles. The van der Waals surface area contributed by atoms with E-state index in [1.54, 1.807) is 22.7 Å². The van der Waals surface area contributed by atoms with E-state index < -0.39 is 41.9 Å². The van der Waals surface area contributed by atoms with E-state index in [2.05, 4.69) is 20.6 Å². The Labute approximate surface area is 299 Å². The highest BCUT2D eigenvalue weighted by molar-refractivity contribution is 7.10. The van der Waals surface area contributed by atoms with E-state index >= 15 is 0 Å². The van der Waals surface area contributed by atoms with Gasteiger partial charge in [-0.25, -0.2) is 15.0 Å². The second-order valence-corrected chi connectivity index (χ2v) is 15.8. The predicted octanol–water partition coefficient (Wildman–Crippen LogP) is 4.04. The highest BCUT2D eigenvalue weighted by Crippen LogP contribution is 2.36. The van der Waals surface area contributed by atoms with Crippen molar-refractivity contribution in [1.82, 2.24) is 40.3 Å². The van der Waals surface area contributed by atoms with E-state index in [0.717, 1.165) is 6.42 Å². The maximum absolute atomic E-state index is 14.1. The predicted molar refractivity (Wildman–Crippen MR) is 186 cm³/mol. The fourth-order valence-electron chi connectivity index (χ4n) is 6.79. The van der Waals surface area contributed by atoms with Gasteiger partial charge in [0.1, 0.15) is 45.8 Å². The zero-order chi connectivity index (χ0) is 35.9. The average Bonchev–Trinajstić information content (AvgIpc) is 3.93. The van der Waals surface area contributed by atoms with Crippen LogP contribution in [0.4, 0.5) is 0 Å². The number of likely N-dealkylation sites (N-methyl/N-ethyl adjacent to an activating group) is 1. The van der Waals surface area contributed by atoms with Crippen LogP contribution in [0.5, 0.6) is 0 Å². The van der Waals surface area contributed by atoms with Gasteiger partial charge in [0, 0.05) is 30.9 Å². The normalized spacial score (nSPS) is 25.6. The highest BCUT2D eigenvalue weighted by Gasteiger charge is 2.40. The number of hydrogen-bond donors (Lipinski definition) is 2. The van der Waals surface area contributed by atoms with Crippen molar-refractivity contribution in [1.29, 1.82) is 0 Å². The first-order valence-corrected chi connectivity index (χ1v) is 19.0. The number of carbonyl (C=O) groups excluding carboxylic acids is 5. The molecule has 6 bridgehead atoms. The van der Waals surface area contributed by atoms with Crippen molar-refractivity contribution in [2.75, 3.05) is 20.1 Å². The number of thiazole rings is 2. The quantitative estimate of drug-likeness (QED) is 0.405. The average molecular weight is 725 g/mol. The molecule has 2 fully saturated rings. The number of nitrogens with zero attached hydrogens (tertiary/aromatic N) is 6. The molecule has 6 heterocycles. The number of aromatic nitrogens is 3. The van der Waals surface area contributed by atoms with Gasteiger partial charge in [-0.05, 0) is 50.9 Å². The van der Waals surface area contributed by atoms with Crippen molar-refractivity contribution in [2.24, 2.45) is 11.8 Å². The fraction of sp³-hybridized carbons (Fsp3) is 0.588. The number of nitrogens with one attached hydrogen (secondary N) is 2. The Hall–Kier alpha value is -4.18. The maximum atomic E-state index is 14.1. The smallest absolute Gasteiger partial charge is 0.276 e. The molecule has 5 amide bonds. The first kappa shape index (κ1) is 35.6. The molecule has 0 saturated carbocycles. The van der Waals surface area contributed by atoms with Crippen molar-refractivity contribution in [3.63, 3.8) is 0 Å². The third-order valence-corrected chi connectivity index (χ3v) is 11.6. The van der Waals surface area contributed by atoms with Crippen molar-refractivity contribution in [3.05, 3.63) is 38.4 Å². The molecule has 2 N–H and O–H groups in total. The number of amides is 5. The van der Waals surface area contributed by atoms with Crippen LogP contribution in [0, 0.1) is 11.8 Å². The highest BCUT2D eigenvalue weighted by atomic mass is 32.1. The second-order valence-electron chi connectivity index (χ2n) is 14.0. The van der Waals surface area contributed by atoms with E-state index in [1.165, 1.54) is 38.7 Å². The van der Waals surface area contributed by atoms with Crippen molar-refractivity contribution < 1.29 is 28.4 Å². The lowest BCUT2D eigenvalue weighted by Gasteiger charge is -2.32. The molecule has 5 atom stereocenters. The van der Waals surface area contributed by atoms with Gasteiger partial charge >= 0.3 is 0 Å². The second kappa shape index (κ2) is 14.6. The number of rotatable bonds is 3. The Morgan fingerprint density at radius 1 is 0.840 bits per heavy atom. The van der Waals surface area contributed by atoms with Crippen LogP contribution in [-0.2, 0) is 14.4 Å². The van der Waals surface area contributed by atoms with E-state index in [1.807, 2.05) is 34.6 Å². The van der Waals surface area contributed by atoms with E-state index in [-0.39, 0.29) is 47.0 Å². The van der Waals surface area contributed by atoms with Gasteiger partial charge in [-0.1, -0.05) is 27.7 Å². The summed E-state index contributed by atoms with van der Waals surface area (Å²) in [6.45, 7) is 10.4. The Morgan fingerprint density at radius 2 is 1.50 bits per heavy atom. The molecule has 3 aliphatic rings. The molecule has 0 radical (unpaired) electrons. The third kappa shape index (κ3) is 7.04. The summed E-state index contributed by atoms with van der Waals surface area (Å²) in [4.78, 5) is 87.4. The maximum Gasteiger partial charge on any atom is 0.276 e. The lowest BCUT2D eigenvalue weighted by molar-refractivity contribution is -0.139. The van der Waals surface area contributed by atoms with Crippen molar-refractivity contribution >= 4 is 52.2 Å². The Bertz CT molecular complexity index is 1770. The molecule has 0 aromatic carbocycles. The van der Waals surface area contributed by atoms with Gasteiger partial charge in [0.15, 0.2) is 5.69 Å². The van der Waals surface area contributed by atoms with Crippen LogP contribution >= 0.6 is 22.7 Å². The van der Waals surface area contributed by atoms with Crippen LogP contribution in [0.25, 0.3) is 11.6 Å². The molecule has 14 nitrogen and oxygen atoms in total. The van der Waals surface area contributed by atoms with Gasteiger partial charge in [0.25, 0.3) is 11.8 Å². The Balaban J connectivity index is 1.36. The lowest BCUT2D eigenvalue weighted by atomic mass is 10.0. The van der Waals surface area contributed by atoms with Gasteiger partial charge in [0.2, 0.25) is 23.6 Å². The summed E-state index contributed by atoms with van der Waals surface area (Å²) in [5, 5.41) is 10.5. The van der Waals surface area contributed by atoms with Gasteiger partial charge in [-0.15, -0.1) is 22.7 Å². The Kier molecular flexibility index (Phi) is 10.4. The molecule has 50 heavy (non-hydrogen) atoms. The van der Waals surface area contributed by atoms with Crippen LogP contribution in [0.15, 0.2) is 21.4 Å². The van der Waals surface area contributed by atoms with Crippen molar-refractivity contribution in [3.8, 4) is 11.6 Å². The number of hydrogen-bond acceptors (Lipinski definition) is 11. The standard InChI is InChI=1S/C34H44N8O6S2/c1-17(2)13-20-32(45)42-12-8-10-25(42)31-38-23(16-50-31)29-36-21(14-48-29)33(46)41-11-7-9-24(41)28(44)39-26(18(3)4)34(47)40(6)19(5)30-37-22(15-49-30)27(43)35-20/h14-20,24-26H,7-13H2,1-6H3,(H,35,43)(H,39,44)/t19-,20-,24-,25-,26-/m0/s1. The fourth-order valence-corrected chi connectivity index (χ4v) is 8.63. The molecule has 6 rings (SSSR count). The molecule has 0 unspecified atom stereocenters. The minimum Gasteiger partial charge on any atom is -0.442 e. The zero-order valence-electron chi connectivity index (χ0n) is 29.2. The summed E-state index contributed by atoms with van der Waals surface area (Å²) in [7, 11) is 1.64. The zero-order valence-corrected chi connectivity index (χ0v) is 30.8. The first-order valence-electron chi connectivity index (χ1n) is 17.2. The van der Waals surface area contributed by atoms with Crippen LogP contribution in [0.2, 0.25) is 0 Å². The van der Waals surface area contributed by atoms with Gasteiger partial charge in [-0.2, -0.15) is 0 Å². The summed E-state index contributed by atoms with van der Waals surface area (Å²) < 4.78 is 5.71. The molecular formula is C34H44N8O6S2. The molecule has 3 aromatic rings. The minimum absolute atomic E-state index is 0.0570. The molecular weight excluding hydrogens is 681 g/mol.